The second-order valence-corrected chi connectivity index (χ2v) is 6.96. The first kappa shape index (κ1) is 17.2. The van der Waals surface area contributed by atoms with Crippen LogP contribution < -0.4 is 4.90 Å². The lowest BCUT2D eigenvalue weighted by atomic mass is 10.0. The smallest absolute Gasteiger partial charge is 0.267 e. The van der Waals surface area contributed by atoms with Crippen LogP contribution in [0.3, 0.4) is 0 Å². The van der Waals surface area contributed by atoms with Crippen molar-refractivity contribution in [2.75, 3.05) is 4.90 Å². The summed E-state index contributed by atoms with van der Waals surface area (Å²) in [5.74, 6) is -1.19. The Balaban J connectivity index is 1.78. The maximum absolute atomic E-state index is 13.4. The minimum atomic E-state index is -0.414. The number of pyridine rings is 1. The highest BCUT2D eigenvalue weighted by Crippen LogP contribution is 2.37. The molecular formula is C22H15FN4O2. The number of halogens is 1. The van der Waals surface area contributed by atoms with Crippen LogP contribution in [0, 0.1) is 12.7 Å². The minimum Gasteiger partial charge on any atom is -0.268 e. The van der Waals surface area contributed by atoms with E-state index in [2.05, 4.69) is 10.1 Å². The number of nitrogens with zero attached hydrogens (tertiary/aromatic N) is 4. The summed E-state index contributed by atoms with van der Waals surface area (Å²) in [6.07, 6.45) is 1.42. The largest absolute Gasteiger partial charge is 0.268 e. The number of rotatable bonds is 2. The molecule has 0 atom stereocenters. The lowest BCUT2D eigenvalue weighted by molar-refractivity contribution is 0.0926. The minimum absolute atomic E-state index is 0.238. The maximum atomic E-state index is 13.4. The van der Waals surface area contributed by atoms with Gasteiger partial charge in [0.05, 0.1) is 22.2 Å². The van der Waals surface area contributed by atoms with E-state index in [0.717, 1.165) is 5.56 Å². The Hall–Kier alpha value is -3.87. The van der Waals surface area contributed by atoms with Gasteiger partial charge in [-0.2, -0.15) is 5.10 Å². The zero-order valence-corrected chi connectivity index (χ0v) is 15.7. The van der Waals surface area contributed by atoms with E-state index in [1.165, 1.54) is 23.2 Å². The standard InChI is InChI=1S/C22H15FN4O2/c1-12-5-3-4-6-16(12)27-21(28)15-11-24-20-18(17(15)22(27)29)19(25-26(20)2)13-7-9-14(23)10-8-13/h3-11H,1-2H3. The molecule has 0 saturated carbocycles. The number of hydrogen-bond acceptors (Lipinski definition) is 4. The molecule has 0 unspecified atom stereocenters. The third-order valence-electron chi connectivity index (χ3n) is 5.18. The number of amides is 2. The van der Waals surface area contributed by atoms with Gasteiger partial charge in [-0.3, -0.25) is 9.59 Å². The molecule has 0 fully saturated rings. The van der Waals surface area contributed by atoms with E-state index in [0.29, 0.717) is 28.0 Å². The fourth-order valence-corrected chi connectivity index (χ4v) is 3.77. The molecule has 1 aliphatic heterocycles. The third-order valence-corrected chi connectivity index (χ3v) is 5.18. The highest BCUT2D eigenvalue weighted by atomic mass is 19.1. The van der Waals surface area contributed by atoms with Crippen molar-refractivity contribution in [3.63, 3.8) is 0 Å². The van der Waals surface area contributed by atoms with E-state index in [4.69, 9.17) is 0 Å². The topological polar surface area (TPSA) is 68.1 Å². The lowest BCUT2D eigenvalue weighted by Gasteiger charge is -2.16. The summed E-state index contributed by atoms with van der Waals surface area (Å²) < 4.78 is 14.9. The summed E-state index contributed by atoms with van der Waals surface area (Å²) in [7, 11) is 1.72. The molecule has 142 valence electrons. The molecule has 29 heavy (non-hydrogen) atoms. The fourth-order valence-electron chi connectivity index (χ4n) is 3.77. The van der Waals surface area contributed by atoms with Crippen molar-refractivity contribution in [3.05, 3.63) is 77.2 Å². The zero-order chi connectivity index (χ0) is 20.3. The van der Waals surface area contributed by atoms with Crippen LogP contribution in [0.15, 0.2) is 54.7 Å². The van der Waals surface area contributed by atoms with Gasteiger partial charge in [0.1, 0.15) is 11.5 Å². The van der Waals surface area contributed by atoms with E-state index in [1.807, 2.05) is 19.1 Å². The van der Waals surface area contributed by atoms with E-state index in [-0.39, 0.29) is 16.9 Å². The predicted octanol–water partition coefficient (Wildman–Crippen LogP) is 3.88. The molecule has 5 rings (SSSR count). The molecule has 2 aromatic heterocycles. The molecule has 3 heterocycles. The molecule has 4 aromatic rings. The van der Waals surface area contributed by atoms with Crippen molar-refractivity contribution in [1.29, 1.82) is 0 Å². The number of hydrogen-bond donors (Lipinski definition) is 0. The molecule has 0 aliphatic carbocycles. The third kappa shape index (κ3) is 2.40. The molecular weight excluding hydrogens is 371 g/mol. The quantitative estimate of drug-likeness (QED) is 0.490. The number of benzene rings is 2. The SMILES string of the molecule is Cc1ccccc1N1C(=O)c2cnc3c(c(-c4ccc(F)cc4)nn3C)c2C1=O. The van der Waals surface area contributed by atoms with Gasteiger partial charge in [-0.25, -0.2) is 19.0 Å². The Bertz CT molecular complexity index is 1320. The number of fused-ring (bicyclic) bond motifs is 3. The lowest BCUT2D eigenvalue weighted by Crippen LogP contribution is -2.30. The first-order valence-electron chi connectivity index (χ1n) is 9.03. The number of aromatic nitrogens is 3. The molecule has 0 saturated heterocycles. The van der Waals surface area contributed by atoms with Gasteiger partial charge in [0.25, 0.3) is 11.8 Å². The number of imide groups is 1. The fraction of sp³-hybridized carbons (Fsp3) is 0.0909. The highest BCUT2D eigenvalue weighted by Gasteiger charge is 2.40. The summed E-state index contributed by atoms with van der Waals surface area (Å²) in [5.41, 5.74) is 3.48. The van der Waals surface area contributed by atoms with Crippen LogP contribution in [-0.2, 0) is 7.05 Å². The number of carbonyl (C=O) groups excluding carboxylic acids is 2. The van der Waals surface area contributed by atoms with Crippen molar-refractivity contribution >= 4 is 28.5 Å². The monoisotopic (exact) mass is 386 g/mol. The number of carbonyl (C=O) groups is 2. The summed E-state index contributed by atoms with van der Waals surface area (Å²) >= 11 is 0. The Kier molecular flexibility index (Phi) is 3.61. The van der Waals surface area contributed by atoms with Crippen LogP contribution >= 0.6 is 0 Å². The number of para-hydroxylation sites is 1. The van der Waals surface area contributed by atoms with Gasteiger partial charge >= 0.3 is 0 Å². The van der Waals surface area contributed by atoms with Crippen LogP contribution in [0.2, 0.25) is 0 Å². The molecule has 1 aliphatic rings. The Morgan fingerprint density at radius 1 is 0.966 bits per heavy atom. The molecule has 2 aromatic carbocycles. The van der Waals surface area contributed by atoms with Crippen molar-refractivity contribution in [3.8, 4) is 11.3 Å². The molecule has 0 radical (unpaired) electrons. The summed E-state index contributed by atoms with van der Waals surface area (Å²) in [4.78, 5) is 32.1. The van der Waals surface area contributed by atoms with Gasteiger partial charge in [-0.15, -0.1) is 0 Å². The van der Waals surface area contributed by atoms with Gasteiger partial charge in [-0.1, -0.05) is 18.2 Å². The van der Waals surface area contributed by atoms with E-state index >= 15 is 0 Å². The van der Waals surface area contributed by atoms with Gasteiger partial charge in [0.2, 0.25) is 0 Å². The molecule has 0 N–H and O–H groups in total. The van der Waals surface area contributed by atoms with Crippen LogP contribution in [0.4, 0.5) is 10.1 Å². The average Bonchev–Trinajstić information content (AvgIpc) is 3.18. The Labute approximate surface area is 165 Å². The van der Waals surface area contributed by atoms with Gasteiger partial charge < -0.3 is 0 Å². The Morgan fingerprint density at radius 2 is 1.69 bits per heavy atom. The van der Waals surface area contributed by atoms with Crippen molar-refractivity contribution in [1.82, 2.24) is 14.8 Å². The predicted molar refractivity (Wildman–Crippen MR) is 106 cm³/mol. The van der Waals surface area contributed by atoms with E-state index in [9.17, 15) is 14.0 Å². The second-order valence-electron chi connectivity index (χ2n) is 6.96. The Morgan fingerprint density at radius 3 is 2.41 bits per heavy atom. The summed E-state index contributed by atoms with van der Waals surface area (Å²) in [5, 5.41) is 4.98. The van der Waals surface area contributed by atoms with Gasteiger partial charge in [-0.05, 0) is 42.8 Å². The van der Waals surface area contributed by atoms with Crippen LogP contribution in [-0.4, -0.2) is 26.6 Å². The highest BCUT2D eigenvalue weighted by molar-refractivity contribution is 6.38. The van der Waals surface area contributed by atoms with Crippen molar-refractivity contribution in [2.24, 2.45) is 7.05 Å². The number of anilines is 1. The van der Waals surface area contributed by atoms with Crippen LogP contribution in [0.1, 0.15) is 26.3 Å². The van der Waals surface area contributed by atoms with E-state index < -0.39 is 11.8 Å². The second kappa shape index (κ2) is 6.07. The molecule has 6 nitrogen and oxygen atoms in total. The molecule has 7 heteroatoms. The van der Waals surface area contributed by atoms with Crippen LogP contribution in [0.25, 0.3) is 22.3 Å². The normalized spacial score (nSPS) is 13.4. The zero-order valence-electron chi connectivity index (χ0n) is 15.7. The maximum Gasteiger partial charge on any atom is 0.267 e. The summed E-state index contributed by atoms with van der Waals surface area (Å²) in [6, 6.07) is 13.1. The van der Waals surface area contributed by atoms with Gasteiger partial charge in [0.15, 0.2) is 5.65 Å². The van der Waals surface area contributed by atoms with Crippen molar-refractivity contribution in [2.45, 2.75) is 6.92 Å². The first-order chi connectivity index (χ1) is 14.0. The van der Waals surface area contributed by atoms with Crippen molar-refractivity contribution < 1.29 is 14.0 Å². The first-order valence-corrected chi connectivity index (χ1v) is 9.03. The molecule has 0 bridgehead atoms. The summed E-state index contributed by atoms with van der Waals surface area (Å²) in [6.45, 7) is 1.85. The average molecular weight is 386 g/mol. The molecule has 2 amide bonds. The van der Waals surface area contributed by atoms with Gasteiger partial charge in [0, 0.05) is 18.8 Å². The van der Waals surface area contributed by atoms with E-state index in [1.54, 1.807) is 36.0 Å². The number of aryl methyl sites for hydroxylation is 2. The molecule has 0 spiro atoms. The van der Waals surface area contributed by atoms with Crippen LogP contribution in [0.5, 0.6) is 0 Å².